The largest absolute Gasteiger partial charge is 0.370 e. The summed E-state index contributed by atoms with van der Waals surface area (Å²) in [6.45, 7) is 5.56. The molecule has 36 heavy (non-hydrogen) atoms. The van der Waals surface area contributed by atoms with Crippen LogP contribution in [0.3, 0.4) is 0 Å². The zero-order valence-electron chi connectivity index (χ0n) is 20.4. The molecule has 0 bridgehead atoms. The van der Waals surface area contributed by atoms with Gasteiger partial charge in [0.2, 0.25) is 0 Å². The summed E-state index contributed by atoms with van der Waals surface area (Å²) in [5.41, 5.74) is 3.81. The zero-order valence-corrected chi connectivity index (χ0v) is 21.2. The number of fused-ring (bicyclic) bond motifs is 1. The van der Waals surface area contributed by atoms with E-state index in [2.05, 4.69) is 16.3 Å². The van der Waals surface area contributed by atoms with Crippen LogP contribution in [0.2, 0.25) is 5.02 Å². The number of hydrogen-bond donors (Lipinski definition) is 0. The number of rotatable bonds is 4. The van der Waals surface area contributed by atoms with Crippen molar-refractivity contribution in [2.75, 3.05) is 0 Å². The first-order valence-corrected chi connectivity index (χ1v) is 12.7. The van der Waals surface area contributed by atoms with Crippen molar-refractivity contribution in [1.29, 1.82) is 0 Å². The minimum Gasteiger partial charge on any atom is -0.370 e. The van der Waals surface area contributed by atoms with E-state index in [0.29, 0.717) is 51.2 Å². The van der Waals surface area contributed by atoms with Gasteiger partial charge in [0.25, 0.3) is 5.56 Å². The maximum absolute atomic E-state index is 15.1. The van der Waals surface area contributed by atoms with Crippen LogP contribution in [0.1, 0.15) is 73.2 Å². The van der Waals surface area contributed by atoms with Crippen molar-refractivity contribution >= 4 is 17.2 Å². The van der Waals surface area contributed by atoms with E-state index in [0.717, 1.165) is 12.0 Å². The van der Waals surface area contributed by atoms with Gasteiger partial charge >= 0.3 is 0 Å². The maximum atomic E-state index is 15.1. The van der Waals surface area contributed by atoms with Gasteiger partial charge in [-0.2, -0.15) is 14.7 Å². The first kappa shape index (κ1) is 23.3. The molecule has 0 N–H and O–H groups in total. The van der Waals surface area contributed by atoms with Crippen LogP contribution < -0.4 is 5.56 Å². The number of aryl methyl sites for hydroxylation is 1. The van der Waals surface area contributed by atoms with Gasteiger partial charge in [-0.25, -0.2) is 9.37 Å². The van der Waals surface area contributed by atoms with Gasteiger partial charge in [-0.15, -0.1) is 0 Å². The molecule has 7 nitrogen and oxygen atoms in total. The van der Waals surface area contributed by atoms with Crippen LogP contribution in [0.4, 0.5) is 4.39 Å². The third-order valence-electron chi connectivity index (χ3n) is 7.34. The summed E-state index contributed by atoms with van der Waals surface area (Å²) in [5, 5.41) is 9.59. The number of benzene rings is 1. The second-order valence-corrected chi connectivity index (χ2v) is 10.5. The first-order chi connectivity index (χ1) is 17.3. The van der Waals surface area contributed by atoms with Crippen molar-refractivity contribution in [3.8, 4) is 11.1 Å². The molecule has 1 aliphatic heterocycles. The predicted octanol–water partition coefficient (Wildman–Crippen LogP) is 5.72. The molecule has 3 atom stereocenters. The summed E-state index contributed by atoms with van der Waals surface area (Å²) in [4.78, 5) is 17.9. The summed E-state index contributed by atoms with van der Waals surface area (Å²) < 4.78 is 24.7. The Morgan fingerprint density at radius 3 is 2.69 bits per heavy atom. The molecule has 1 aliphatic carbocycles. The summed E-state index contributed by atoms with van der Waals surface area (Å²) in [6, 6.07) is 6.91. The van der Waals surface area contributed by atoms with Crippen molar-refractivity contribution in [3.63, 3.8) is 0 Å². The normalized spacial score (nSPS) is 22.3. The molecular weight excluding hydrogens is 481 g/mol. The number of aromatic nitrogens is 5. The lowest BCUT2D eigenvalue weighted by atomic mass is 9.86. The van der Waals surface area contributed by atoms with Gasteiger partial charge in [0.05, 0.1) is 30.1 Å². The van der Waals surface area contributed by atoms with E-state index in [9.17, 15) is 4.79 Å². The van der Waals surface area contributed by atoms with Crippen LogP contribution in [-0.2, 0) is 4.74 Å². The van der Waals surface area contributed by atoms with Crippen LogP contribution >= 0.6 is 11.6 Å². The van der Waals surface area contributed by atoms with Gasteiger partial charge < -0.3 is 4.74 Å². The maximum Gasteiger partial charge on any atom is 0.277 e. The Hall–Kier alpha value is -3.10. The van der Waals surface area contributed by atoms with Gasteiger partial charge in [-0.05, 0) is 70.7 Å². The van der Waals surface area contributed by atoms with Gasteiger partial charge in [0.1, 0.15) is 5.82 Å². The average Bonchev–Trinajstić information content (AvgIpc) is 3.58. The van der Waals surface area contributed by atoms with Crippen LogP contribution in [0.25, 0.3) is 16.8 Å². The molecule has 6 rings (SSSR count). The smallest absolute Gasteiger partial charge is 0.277 e. The molecule has 9 heteroatoms. The van der Waals surface area contributed by atoms with Crippen LogP contribution in [0, 0.1) is 19.7 Å². The van der Waals surface area contributed by atoms with Crippen LogP contribution in [0.15, 0.2) is 41.5 Å². The molecule has 3 aromatic heterocycles. The fraction of sp³-hybridized carbons (Fsp3) is 0.407. The highest BCUT2D eigenvalue weighted by molar-refractivity contribution is 6.30. The monoisotopic (exact) mass is 507 g/mol. The van der Waals surface area contributed by atoms with Crippen molar-refractivity contribution in [3.05, 3.63) is 80.4 Å². The van der Waals surface area contributed by atoms with Crippen LogP contribution in [0.5, 0.6) is 0 Å². The highest BCUT2D eigenvalue weighted by Crippen LogP contribution is 2.42. The second-order valence-electron chi connectivity index (χ2n) is 10.1. The van der Waals surface area contributed by atoms with E-state index >= 15 is 4.39 Å². The minimum atomic E-state index is -0.472. The molecule has 186 valence electrons. The number of ether oxygens (including phenoxy) is 1. The Morgan fingerprint density at radius 2 is 1.94 bits per heavy atom. The summed E-state index contributed by atoms with van der Waals surface area (Å²) in [7, 11) is 0. The zero-order chi connectivity index (χ0) is 25.1. The lowest BCUT2D eigenvalue weighted by molar-refractivity contribution is -0.0507. The molecule has 0 unspecified atom stereocenters. The van der Waals surface area contributed by atoms with Gasteiger partial charge in [-0.1, -0.05) is 11.6 Å². The summed E-state index contributed by atoms with van der Waals surface area (Å²) >= 11 is 6.02. The van der Waals surface area contributed by atoms with E-state index in [1.54, 1.807) is 26.0 Å². The molecule has 0 radical (unpaired) electrons. The first-order valence-electron chi connectivity index (χ1n) is 12.3. The highest BCUT2D eigenvalue weighted by atomic mass is 35.5. The van der Waals surface area contributed by atoms with E-state index in [-0.39, 0.29) is 23.7 Å². The Bertz CT molecular complexity index is 1540. The minimum absolute atomic E-state index is 0.00930. The molecule has 2 aliphatic rings. The number of nitrogens with zero attached hydrogens (tertiary/aromatic N) is 5. The fourth-order valence-corrected chi connectivity index (χ4v) is 5.25. The predicted molar refractivity (Wildman–Crippen MR) is 135 cm³/mol. The quantitative estimate of drug-likeness (QED) is 0.353. The van der Waals surface area contributed by atoms with E-state index in [4.69, 9.17) is 21.4 Å². The van der Waals surface area contributed by atoms with Crippen molar-refractivity contribution in [1.82, 2.24) is 24.4 Å². The molecule has 0 spiro atoms. The lowest BCUT2D eigenvalue weighted by Gasteiger charge is -2.33. The summed E-state index contributed by atoms with van der Waals surface area (Å²) in [6.07, 6.45) is 7.59. The van der Waals surface area contributed by atoms with Crippen molar-refractivity contribution < 1.29 is 9.13 Å². The molecule has 1 saturated heterocycles. The van der Waals surface area contributed by atoms with Gasteiger partial charge in [0.15, 0.2) is 5.65 Å². The lowest BCUT2D eigenvalue weighted by Crippen LogP contribution is -2.28. The Balaban J connectivity index is 1.47. The third kappa shape index (κ3) is 4.12. The third-order valence-corrected chi connectivity index (χ3v) is 7.58. The molecule has 1 aromatic carbocycles. The van der Waals surface area contributed by atoms with E-state index in [1.165, 1.54) is 23.4 Å². The Kier molecular flexibility index (Phi) is 5.68. The summed E-state index contributed by atoms with van der Waals surface area (Å²) in [5.74, 6) is -0.463. The van der Waals surface area contributed by atoms with Crippen molar-refractivity contribution in [2.45, 2.75) is 70.6 Å². The van der Waals surface area contributed by atoms with Gasteiger partial charge in [-0.3, -0.25) is 9.48 Å². The fourth-order valence-electron chi connectivity index (χ4n) is 5.09. The molecule has 4 heterocycles. The highest BCUT2D eigenvalue weighted by Gasteiger charge is 2.33. The Morgan fingerprint density at radius 1 is 1.14 bits per heavy atom. The van der Waals surface area contributed by atoms with E-state index < -0.39 is 5.82 Å². The molecule has 1 saturated carbocycles. The molecule has 2 fully saturated rings. The number of halogens is 2. The molecule has 0 amide bonds. The standard InChI is InChI=1S/C27H27ClFN5O2/c1-14-8-17(9-25(36-14)18-12-30-33(13-18)20-5-6-20)24-11-22(21-7-4-19(28)10-23(21)29)26-31-16(3)15(2)27(35)34(26)32-24/h4,7,10-14,17,20,25H,5-6,8-9H2,1-3H3/t14-,17+,25-/m0/s1. The molecular formula is C27H27ClFN5O2. The average molecular weight is 508 g/mol. The van der Waals surface area contributed by atoms with E-state index in [1.807, 2.05) is 23.9 Å². The number of hydrogen-bond acceptors (Lipinski definition) is 5. The second kappa shape index (κ2) is 8.78. The Labute approximate surface area is 212 Å². The van der Waals surface area contributed by atoms with Crippen LogP contribution in [-0.4, -0.2) is 30.5 Å². The van der Waals surface area contributed by atoms with Crippen molar-refractivity contribution in [2.24, 2.45) is 0 Å². The SMILES string of the molecule is Cc1nc2c(-c3ccc(Cl)cc3F)cc([C@H]3C[C@@H](c4cnn(C5CC5)c4)O[C@@H](C)C3)nn2c(=O)c1C. The molecule has 4 aromatic rings. The topological polar surface area (TPSA) is 74.3 Å². The van der Waals surface area contributed by atoms with Gasteiger partial charge in [0, 0.05) is 45.1 Å².